The number of likely N-dealkylation sites (tertiary alicyclic amines) is 1. The second-order valence-corrected chi connectivity index (χ2v) is 3.01. The van der Waals surface area contributed by atoms with Gasteiger partial charge in [-0.05, 0) is 12.1 Å². The molecule has 0 saturated carbocycles. The second-order valence-electron chi connectivity index (χ2n) is 3.01. The van der Waals surface area contributed by atoms with E-state index in [1.54, 1.807) is 11.1 Å². The molecule has 2 heterocycles. The summed E-state index contributed by atoms with van der Waals surface area (Å²) in [7, 11) is 0. The molecule has 62 valence electrons. The Morgan fingerprint density at radius 1 is 1.50 bits per heavy atom. The van der Waals surface area contributed by atoms with E-state index in [0.717, 1.165) is 25.2 Å². The van der Waals surface area contributed by atoms with Gasteiger partial charge >= 0.3 is 0 Å². The van der Waals surface area contributed by atoms with Crippen molar-refractivity contribution in [1.29, 1.82) is 0 Å². The van der Waals surface area contributed by atoms with E-state index in [0.29, 0.717) is 5.92 Å². The third-order valence-corrected chi connectivity index (χ3v) is 2.16. The molecule has 2 rings (SSSR count). The minimum absolute atomic E-state index is 0.455. The number of nitrogens with zero attached hydrogens (tertiary/aromatic N) is 2. The third-order valence-electron chi connectivity index (χ3n) is 2.16. The zero-order chi connectivity index (χ0) is 8.39. The number of rotatable bonds is 2. The van der Waals surface area contributed by atoms with Crippen molar-refractivity contribution < 1.29 is 4.79 Å². The number of aromatic nitrogens is 1. The summed E-state index contributed by atoms with van der Waals surface area (Å²) in [5.41, 5.74) is 1.09. The molecule has 1 fully saturated rings. The monoisotopic (exact) mass is 162 g/mol. The molecule has 1 amide bonds. The molecule has 0 aromatic carbocycles. The van der Waals surface area contributed by atoms with Gasteiger partial charge < -0.3 is 4.90 Å². The zero-order valence-corrected chi connectivity index (χ0v) is 6.68. The molecule has 0 aliphatic carbocycles. The number of hydrogen-bond donors (Lipinski definition) is 0. The van der Waals surface area contributed by atoms with Crippen molar-refractivity contribution in [3.63, 3.8) is 0 Å². The van der Waals surface area contributed by atoms with Crippen LogP contribution in [0.25, 0.3) is 0 Å². The fraction of sp³-hybridized carbons (Fsp3) is 0.333. The molecule has 0 spiro atoms. The highest BCUT2D eigenvalue weighted by molar-refractivity contribution is 5.49. The van der Waals surface area contributed by atoms with Crippen LogP contribution in [0, 0.1) is 0 Å². The van der Waals surface area contributed by atoms with Crippen molar-refractivity contribution in [1.82, 2.24) is 9.88 Å². The molecule has 1 aliphatic rings. The van der Waals surface area contributed by atoms with Gasteiger partial charge in [-0.2, -0.15) is 0 Å². The number of carbonyl (C=O) groups is 1. The lowest BCUT2D eigenvalue weighted by molar-refractivity contribution is -0.122. The van der Waals surface area contributed by atoms with Crippen LogP contribution in [-0.2, 0) is 4.79 Å². The first kappa shape index (κ1) is 7.28. The second kappa shape index (κ2) is 2.93. The molecular weight excluding hydrogens is 152 g/mol. The van der Waals surface area contributed by atoms with Crippen LogP contribution in [0.15, 0.2) is 24.4 Å². The summed E-state index contributed by atoms with van der Waals surface area (Å²) in [4.78, 5) is 16.2. The predicted octanol–water partition coefficient (Wildman–Crippen LogP) is 0.637. The minimum atomic E-state index is 0.455. The lowest BCUT2D eigenvalue weighted by atomic mass is 9.97. The Hall–Kier alpha value is -1.38. The summed E-state index contributed by atoms with van der Waals surface area (Å²) >= 11 is 0. The van der Waals surface area contributed by atoms with Crippen LogP contribution in [0.2, 0.25) is 0 Å². The molecule has 0 N–H and O–H groups in total. The number of carbonyl (C=O) groups excluding carboxylic acids is 1. The summed E-state index contributed by atoms with van der Waals surface area (Å²) in [6.07, 6.45) is 2.68. The Labute approximate surface area is 71.0 Å². The van der Waals surface area contributed by atoms with E-state index in [4.69, 9.17) is 0 Å². The normalized spacial score (nSPS) is 17.2. The van der Waals surface area contributed by atoms with Crippen molar-refractivity contribution in [3.05, 3.63) is 30.1 Å². The number of pyridine rings is 1. The van der Waals surface area contributed by atoms with E-state index in [9.17, 15) is 4.79 Å². The first-order valence-corrected chi connectivity index (χ1v) is 4.00. The maximum Gasteiger partial charge on any atom is 0.209 e. The highest BCUT2D eigenvalue weighted by atomic mass is 16.1. The molecule has 1 aromatic rings. The molecule has 1 saturated heterocycles. The van der Waals surface area contributed by atoms with Crippen LogP contribution in [-0.4, -0.2) is 29.4 Å². The SMILES string of the molecule is O=CN1CC(c2ccccn2)C1. The Kier molecular flexibility index (Phi) is 1.78. The van der Waals surface area contributed by atoms with E-state index >= 15 is 0 Å². The van der Waals surface area contributed by atoms with Crippen LogP contribution in [0.5, 0.6) is 0 Å². The molecule has 0 atom stereocenters. The standard InChI is InChI=1S/C9H10N2O/c12-7-11-5-8(6-11)9-3-1-2-4-10-9/h1-4,7-8H,5-6H2. The van der Waals surface area contributed by atoms with E-state index in [1.165, 1.54) is 0 Å². The Morgan fingerprint density at radius 3 is 2.92 bits per heavy atom. The summed E-state index contributed by atoms with van der Waals surface area (Å²) < 4.78 is 0. The van der Waals surface area contributed by atoms with Crippen LogP contribution in [0.4, 0.5) is 0 Å². The minimum Gasteiger partial charge on any atom is -0.344 e. The third kappa shape index (κ3) is 1.18. The fourth-order valence-corrected chi connectivity index (χ4v) is 1.40. The average molecular weight is 162 g/mol. The largest absolute Gasteiger partial charge is 0.344 e. The summed E-state index contributed by atoms with van der Waals surface area (Å²) in [5.74, 6) is 0.455. The van der Waals surface area contributed by atoms with Crippen LogP contribution in [0.3, 0.4) is 0 Å². The molecule has 12 heavy (non-hydrogen) atoms. The molecule has 3 nitrogen and oxygen atoms in total. The van der Waals surface area contributed by atoms with Crippen molar-refractivity contribution in [3.8, 4) is 0 Å². The van der Waals surface area contributed by atoms with Crippen LogP contribution >= 0.6 is 0 Å². The molecule has 0 radical (unpaired) electrons. The Bertz CT molecular complexity index is 267. The average Bonchev–Trinajstić information content (AvgIpc) is 2.04. The smallest absolute Gasteiger partial charge is 0.209 e. The molecule has 0 bridgehead atoms. The lowest BCUT2D eigenvalue weighted by Gasteiger charge is -2.35. The van der Waals surface area contributed by atoms with Crippen LogP contribution in [0.1, 0.15) is 11.6 Å². The molecule has 0 unspecified atom stereocenters. The topological polar surface area (TPSA) is 33.2 Å². The lowest BCUT2D eigenvalue weighted by Crippen LogP contribution is -2.44. The van der Waals surface area contributed by atoms with Gasteiger partial charge in [0.2, 0.25) is 6.41 Å². The first-order valence-electron chi connectivity index (χ1n) is 4.00. The Morgan fingerprint density at radius 2 is 2.33 bits per heavy atom. The van der Waals surface area contributed by atoms with Gasteiger partial charge in [-0.25, -0.2) is 0 Å². The van der Waals surface area contributed by atoms with E-state index < -0.39 is 0 Å². The molecular formula is C9H10N2O. The van der Waals surface area contributed by atoms with Gasteiger partial charge in [0.15, 0.2) is 0 Å². The fourth-order valence-electron chi connectivity index (χ4n) is 1.40. The van der Waals surface area contributed by atoms with Gasteiger partial charge in [-0.3, -0.25) is 9.78 Å². The first-order chi connectivity index (χ1) is 5.90. The molecule has 1 aliphatic heterocycles. The van der Waals surface area contributed by atoms with E-state index in [2.05, 4.69) is 4.98 Å². The highest BCUT2D eigenvalue weighted by Gasteiger charge is 2.27. The van der Waals surface area contributed by atoms with Gasteiger partial charge in [-0.15, -0.1) is 0 Å². The van der Waals surface area contributed by atoms with Crippen molar-refractivity contribution in [2.24, 2.45) is 0 Å². The van der Waals surface area contributed by atoms with Gasteiger partial charge in [0.1, 0.15) is 0 Å². The quantitative estimate of drug-likeness (QED) is 0.598. The van der Waals surface area contributed by atoms with Crippen molar-refractivity contribution in [2.45, 2.75) is 5.92 Å². The maximum absolute atomic E-state index is 10.3. The van der Waals surface area contributed by atoms with Gasteiger partial charge in [0, 0.05) is 30.9 Å². The highest BCUT2D eigenvalue weighted by Crippen LogP contribution is 2.23. The molecule has 3 heteroatoms. The van der Waals surface area contributed by atoms with Crippen LogP contribution < -0.4 is 0 Å². The zero-order valence-electron chi connectivity index (χ0n) is 6.68. The van der Waals surface area contributed by atoms with Gasteiger partial charge in [-0.1, -0.05) is 6.07 Å². The van der Waals surface area contributed by atoms with Crippen molar-refractivity contribution >= 4 is 6.41 Å². The number of amides is 1. The van der Waals surface area contributed by atoms with Gasteiger partial charge in [0.25, 0.3) is 0 Å². The Balaban J connectivity index is 2.01. The van der Waals surface area contributed by atoms with Crippen molar-refractivity contribution in [2.75, 3.05) is 13.1 Å². The molecule has 1 aromatic heterocycles. The summed E-state index contributed by atoms with van der Waals surface area (Å²) in [5, 5.41) is 0. The van der Waals surface area contributed by atoms with E-state index in [1.807, 2.05) is 18.2 Å². The number of hydrogen-bond acceptors (Lipinski definition) is 2. The van der Waals surface area contributed by atoms with E-state index in [-0.39, 0.29) is 0 Å². The maximum atomic E-state index is 10.3. The predicted molar refractivity (Wildman–Crippen MR) is 44.6 cm³/mol. The summed E-state index contributed by atoms with van der Waals surface area (Å²) in [6.45, 7) is 1.64. The van der Waals surface area contributed by atoms with Gasteiger partial charge in [0.05, 0.1) is 0 Å². The summed E-state index contributed by atoms with van der Waals surface area (Å²) in [6, 6.07) is 5.89.